The minimum Gasteiger partial charge on any atom is -0.299 e. The monoisotopic (exact) mass is 303 g/mol. The molecule has 0 saturated heterocycles. The molecule has 0 aromatic carbocycles. The molecule has 0 fully saturated rings. The van der Waals surface area contributed by atoms with Gasteiger partial charge in [-0.05, 0) is 26.1 Å². The fourth-order valence-corrected chi connectivity index (χ4v) is 2.82. The molecule has 3 aromatic heterocycles. The Morgan fingerprint density at radius 3 is 2.95 bits per heavy atom. The summed E-state index contributed by atoms with van der Waals surface area (Å²) in [6.45, 7) is 4.11. The summed E-state index contributed by atoms with van der Waals surface area (Å²) in [5, 5.41) is 7.47. The highest BCUT2D eigenvalue weighted by Crippen LogP contribution is 2.09. The maximum Gasteiger partial charge on any atom is 0.350 e. The molecule has 0 spiro atoms. The van der Waals surface area contributed by atoms with Crippen LogP contribution >= 0.6 is 11.3 Å². The van der Waals surface area contributed by atoms with E-state index in [0.29, 0.717) is 12.2 Å². The molecule has 0 N–H and O–H groups in total. The number of hydrogen-bond acceptors (Lipinski definition) is 5. The van der Waals surface area contributed by atoms with Crippen LogP contribution in [0.15, 0.2) is 34.6 Å². The van der Waals surface area contributed by atoms with E-state index < -0.39 is 0 Å². The Morgan fingerprint density at radius 2 is 2.24 bits per heavy atom. The van der Waals surface area contributed by atoms with E-state index in [1.165, 1.54) is 4.68 Å². The summed E-state index contributed by atoms with van der Waals surface area (Å²) < 4.78 is 3.07. The van der Waals surface area contributed by atoms with Crippen molar-refractivity contribution < 1.29 is 0 Å². The van der Waals surface area contributed by atoms with E-state index in [4.69, 9.17) is 0 Å². The number of fused-ring (bicyclic) bond motifs is 1. The zero-order valence-corrected chi connectivity index (χ0v) is 12.9. The van der Waals surface area contributed by atoms with E-state index in [-0.39, 0.29) is 5.69 Å². The fourth-order valence-electron chi connectivity index (χ4n) is 2.22. The van der Waals surface area contributed by atoms with Gasteiger partial charge in [-0.2, -0.15) is 0 Å². The van der Waals surface area contributed by atoms with E-state index in [1.807, 2.05) is 32.2 Å². The van der Waals surface area contributed by atoms with Crippen LogP contribution in [0.25, 0.3) is 5.65 Å². The average Bonchev–Trinajstić information content (AvgIpc) is 3.01. The lowest BCUT2D eigenvalue weighted by Crippen LogP contribution is -2.28. The first-order chi connectivity index (χ1) is 10.1. The molecule has 0 atom stereocenters. The Hall–Kier alpha value is -1.99. The first-order valence-corrected chi connectivity index (χ1v) is 7.65. The number of rotatable bonds is 5. The maximum absolute atomic E-state index is 12.1. The van der Waals surface area contributed by atoms with Crippen molar-refractivity contribution >= 4 is 17.0 Å². The van der Waals surface area contributed by atoms with Crippen molar-refractivity contribution in [1.82, 2.24) is 24.1 Å². The third-order valence-corrected chi connectivity index (χ3v) is 4.10. The molecule has 3 rings (SSSR count). The van der Waals surface area contributed by atoms with Crippen LogP contribution in [0.3, 0.4) is 0 Å². The van der Waals surface area contributed by atoms with E-state index in [1.54, 1.807) is 21.9 Å². The molecule has 0 unspecified atom stereocenters. The van der Waals surface area contributed by atoms with Crippen molar-refractivity contribution in [2.45, 2.75) is 20.0 Å². The van der Waals surface area contributed by atoms with Crippen LogP contribution in [0.5, 0.6) is 0 Å². The minimum atomic E-state index is -0.0940. The van der Waals surface area contributed by atoms with Crippen molar-refractivity contribution in [2.24, 2.45) is 0 Å². The van der Waals surface area contributed by atoms with Crippen molar-refractivity contribution in [3.63, 3.8) is 0 Å². The summed E-state index contributed by atoms with van der Waals surface area (Å²) in [7, 11) is 2.02. The highest BCUT2D eigenvalue weighted by molar-refractivity contribution is 7.09. The summed E-state index contributed by atoms with van der Waals surface area (Å²) >= 11 is 1.66. The molecule has 0 amide bonds. The van der Waals surface area contributed by atoms with Gasteiger partial charge in [-0.3, -0.25) is 9.30 Å². The molecule has 0 aliphatic rings. The number of hydrogen-bond donors (Lipinski definition) is 0. The molecule has 3 heterocycles. The lowest BCUT2D eigenvalue weighted by molar-refractivity contribution is 0.300. The van der Waals surface area contributed by atoms with Gasteiger partial charge in [0.05, 0.1) is 17.2 Å². The summed E-state index contributed by atoms with van der Waals surface area (Å²) in [5.74, 6) is 0. The predicted molar refractivity (Wildman–Crippen MR) is 82.6 cm³/mol. The summed E-state index contributed by atoms with van der Waals surface area (Å²) in [5.41, 5.74) is 1.66. The van der Waals surface area contributed by atoms with Gasteiger partial charge in [-0.15, -0.1) is 16.4 Å². The van der Waals surface area contributed by atoms with Crippen LogP contribution < -0.4 is 5.69 Å². The van der Waals surface area contributed by atoms with Gasteiger partial charge in [0.1, 0.15) is 0 Å². The minimum absolute atomic E-state index is 0.0940. The third-order valence-electron chi connectivity index (χ3n) is 3.28. The lowest BCUT2D eigenvalue weighted by Gasteiger charge is -2.14. The van der Waals surface area contributed by atoms with Gasteiger partial charge in [0.2, 0.25) is 0 Å². The Labute approximate surface area is 126 Å². The maximum atomic E-state index is 12.1. The second kappa shape index (κ2) is 5.79. The molecule has 110 valence electrons. The van der Waals surface area contributed by atoms with E-state index in [9.17, 15) is 4.79 Å². The molecule has 6 nitrogen and oxygen atoms in total. The van der Waals surface area contributed by atoms with Gasteiger partial charge in [0, 0.05) is 24.7 Å². The van der Waals surface area contributed by atoms with E-state index in [2.05, 4.69) is 20.4 Å². The lowest BCUT2D eigenvalue weighted by atomic mass is 10.4. The smallest absolute Gasteiger partial charge is 0.299 e. The zero-order chi connectivity index (χ0) is 14.8. The summed E-state index contributed by atoms with van der Waals surface area (Å²) in [4.78, 5) is 18.7. The summed E-state index contributed by atoms with van der Waals surface area (Å²) in [6, 6.07) is 5.54. The van der Waals surface area contributed by atoms with Gasteiger partial charge in [0.25, 0.3) is 0 Å². The van der Waals surface area contributed by atoms with Crippen LogP contribution in [0.2, 0.25) is 0 Å². The Bertz CT molecular complexity index is 803. The molecule has 0 aliphatic heterocycles. The molecule has 0 saturated carbocycles. The zero-order valence-electron chi connectivity index (χ0n) is 12.1. The number of aryl methyl sites for hydroxylation is 1. The Balaban J connectivity index is 1.66. The molecule has 3 aromatic rings. The number of aromatic nitrogens is 4. The first-order valence-electron chi connectivity index (χ1n) is 6.77. The molecule has 0 bridgehead atoms. The number of likely N-dealkylation sites (N-methyl/N-ethyl adjacent to an activating group) is 1. The summed E-state index contributed by atoms with van der Waals surface area (Å²) in [6.07, 6.45) is 1.74. The second-order valence-electron chi connectivity index (χ2n) is 5.03. The molecule has 0 aliphatic carbocycles. The first kappa shape index (κ1) is 14.0. The van der Waals surface area contributed by atoms with E-state index in [0.717, 1.165) is 23.8 Å². The number of thiazole rings is 1. The van der Waals surface area contributed by atoms with Crippen molar-refractivity contribution in [3.05, 3.63) is 51.0 Å². The van der Waals surface area contributed by atoms with Crippen LogP contribution in [0.1, 0.15) is 10.7 Å². The van der Waals surface area contributed by atoms with Crippen molar-refractivity contribution in [2.75, 3.05) is 13.6 Å². The van der Waals surface area contributed by atoms with Crippen LogP contribution in [-0.4, -0.2) is 37.7 Å². The Morgan fingerprint density at radius 1 is 1.38 bits per heavy atom. The second-order valence-corrected chi connectivity index (χ2v) is 6.09. The highest BCUT2D eigenvalue weighted by Gasteiger charge is 2.08. The fraction of sp³-hybridized carbons (Fsp3) is 0.357. The molecule has 21 heavy (non-hydrogen) atoms. The van der Waals surface area contributed by atoms with Gasteiger partial charge >= 0.3 is 5.69 Å². The van der Waals surface area contributed by atoms with Gasteiger partial charge in [-0.1, -0.05) is 6.07 Å². The average molecular weight is 303 g/mol. The normalized spacial score (nSPS) is 11.6. The highest BCUT2D eigenvalue weighted by atomic mass is 32.1. The van der Waals surface area contributed by atoms with Crippen LogP contribution in [-0.2, 0) is 13.1 Å². The van der Waals surface area contributed by atoms with Crippen LogP contribution in [0, 0.1) is 6.92 Å². The third kappa shape index (κ3) is 3.03. The van der Waals surface area contributed by atoms with Crippen LogP contribution in [0.4, 0.5) is 0 Å². The SMILES string of the molecule is Cc1nc(CN(C)CCn2nc3ccccn3c2=O)cs1. The van der Waals surface area contributed by atoms with Crippen molar-refractivity contribution in [1.29, 1.82) is 0 Å². The van der Waals surface area contributed by atoms with Gasteiger partial charge < -0.3 is 0 Å². The van der Waals surface area contributed by atoms with E-state index >= 15 is 0 Å². The molecule has 7 heteroatoms. The molecular formula is C14H17N5OS. The predicted octanol–water partition coefficient (Wildman–Crippen LogP) is 1.39. The topological polar surface area (TPSA) is 55.4 Å². The standard InChI is InChI=1S/C14H17N5OS/c1-11-15-12(10-21-11)9-17(2)7-8-19-14(20)18-6-4-3-5-13(18)16-19/h3-6,10H,7-9H2,1-2H3. The molecule has 0 radical (unpaired) electrons. The Kier molecular flexibility index (Phi) is 3.85. The van der Waals surface area contributed by atoms with Crippen molar-refractivity contribution in [3.8, 4) is 0 Å². The number of nitrogens with zero attached hydrogens (tertiary/aromatic N) is 5. The number of pyridine rings is 1. The van der Waals surface area contributed by atoms with Gasteiger partial charge in [0.15, 0.2) is 5.65 Å². The molecular weight excluding hydrogens is 286 g/mol. The van der Waals surface area contributed by atoms with Gasteiger partial charge in [-0.25, -0.2) is 14.5 Å². The largest absolute Gasteiger partial charge is 0.350 e. The quantitative estimate of drug-likeness (QED) is 0.715.